The van der Waals surface area contributed by atoms with Crippen molar-refractivity contribution in [1.82, 2.24) is 4.98 Å². The molecular formula is C18H7Cl6NO2. The van der Waals surface area contributed by atoms with Gasteiger partial charge >= 0.3 is 5.97 Å². The topological polar surface area (TPSA) is 50.2 Å². The van der Waals surface area contributed by atoms with E-state index in [9.17, 15) is 9.90 Å². The van der Waals surface area contributed by atoms with Crippen LogP contribution in [0.3, 0.4) is 0 Å². The maximum atomic E-state index is 11.6. The molecule has 0 atom stereocenters. The standard InChI is InChI=1S/C18H7Cl6NO2/c19-8-1-3-10(21)16(23)14(8)12-5-7(18(26)27)6-13(25-12)15-9(20)2-4-11(22)17(15)24/h1-6H,(H,26,27). The van der Waals surface area contributed by atoms with Gasteiger partial charge in [-0.05, 0) is 36.4 Å². The van der Waals surface area contributed by atoms with E-state index < -0.39 is 5.97 Å². The molecule has 0 fully saturated rings. The molecule has 1 heterocycles. The van der Waals surface area contributed by atoms with Gasteiger partial charge < -0.3 is 5.11 Å². The Morgan fingerprint density at radius 1 is 0.704 bits per heavy atom. The van der Waals surface area contributed by atoms with E-state index in [0.717, 1.165) is 0 Å². The summed E-state index contributed by atoms with van der Waals surface area (Å²) in [7, 11) is 0. The fraction of sp³-hybridized carbons (Fsp3) is 0. The molecule has 0 saturated heterocycles. The minimum atomic E-state index is -1.18. The van der Waals surface area contributed by atoms with Crippen LogP contribution in [0.25, 0.3) is 22.5 Å². The normalized spacial score (nSPS) is 10.9. The molecule has 0 aliphatic heterocycles. The second-order valence-corrected chi connectivity index (χ2v) is 7.75. The van der Waals surface area contributed by atoms with Crippen molar-refractivity contribution in [1.29, 1.82) is 0 Å². The lowest BCUT2D eigenvalue weighted by atomic mass is 10.0. The molecule has 0 amide bonds. The van der Waals surface area contributed by atoms with Crippen LogP contribution in [-0.2, 0) is 0 Å². The number of carbonyl (C=O) groups is 1. The van der Waals surface area contributed by atoms with E-state index in [1.54, 1.807) is 12.1 Å². The molecule has 0 aliphatic rings. The maximum Gasteiger partial charge on any atom is 0.335 e. The molecule has 9 heteroatoms. The summed E-state index contributed by atoms with van der Waals surface area (Å²) in [6.45, 7) is 0. The van der Waals surface area contributed by atoms with Crippen molar-refractivity contribution in [3.8, 4) is 22.5 Å². The SMILES string of the molecule is O=C(O)c1cc(-c2c(Cl)ccc(Cl)c2Cl)nc(-c2c(Cl)ccc(Cl)c2Cl)c1. The summed E-state index contributed by atoms with van der Waals surface area (Å²) in [6.07, 6.45) is 0. The van der Waals surface area contributed by atoms with Crippen LogP contribution >= 0.6 is 69.6 Å². The van der Waals surface area contributed by atoms with Crippen LogP contribution in [0.5, 0.6) is 0 Å². The molecule has 138 valence electrons. The number of carboxylic acids is 1. The zero-order valence-corrected chi connectivity index (χ0v) is 17.6. The summed E-state index contributed by atoms with van der Waals surface area (Å²) in [6, 6.07) is 8.81. The van der Waals surface area contributed by atoms with Crippen molar-refractivity contribution in [3.63, 3.8) is 0 Å². The van der Waals surface area contributed by atoms with E-state index in [-0.39, 0.29) is 47.1 Å². The molecule has 27 heavy (non-hydrogen) atoms. The highest BCUT2D eigenvalue weighted by molar-refractivity contribution is 6.47. The number of nitrogens with zero attached hydrogens (tertiary/aromatic N) is 1. The number of benzene rings is 2. The third-order valence-corrected chi connectivity index (χ3v) is 5.91. The van der Waals surface area contributed by atoms with E-state index in [1.807, 2.05) is 0 Å². The first kappa shape index (κ1) is 20.5. The van der Waals surface area contributed by atoms with Crippen LogP contribution < -0.4 is 0 Å². The molecule has 0 saturated carbocycles. The Morgan fingerprint density at radius 2 is 1.07 bits per heavy atom. The van der Waals surface area contributed by atoms with Crippen molar-refractivity contribution in [3.05, 3.63) is 72.1 Å². The van der Waals surface area contributed by atoms with E-state index in [1.165, 1.54) is 24.3 Å². The predicted molar refractivity (Wildman–Crippen MR) is 112 cm³/mol. The zero-order valence-electron chi connectivity index (χ0n) is 13.0. The Balaban J connectivity index is 2.37. The molecule has 1 aromatic heterocycles. The number of aromatic carboxylic acids is 1. The van der Waals surface area contributed by atoms with Gasteiger partial charge in [-0.15, -0.1) is 0 Å². The van der Waals surface area contributed by atoms with Gasteiger partial charge in [0.15, 0.2) is 0 Å². The summed E-state index contributed by atoms with van der Waals surface area (Å²) in [5.41, 5.74) is 0.937. The Labute approximate surface area is 184 Å². The zero-order chi connectivity index (χ0) is 19.9. The molecule has 3 nitrogen and oxygen atoms in total. The fourth-order valence-electron chi connectivity index (χ4n) is 2.43. The molecule has 0 spiro atoms. The number of carboxylic acid groups (broad SMARTS) is 1. The van der Waals surface area contributed by atoms with Crippen molar-refractivity contribution < 1.29 is 9.90 Å². The molecule has 0 aliphatic carbocycles. The number of halogens is 6. The van der Waals surface area contributed by atoms with Crippen LogP contribution in [0.15, 0.2) is 36.4 Å². The highest BCUT2D eigenvalue weighted by atomic mass is 35.5. The first-order valence-electron chi connectivity index (χ1n) is 7.23. The van der Waals surface area contributed by atoms with Crippen LogP contribution in [0, 0.1) is 0 Å². The summed E-state index contributed by atoms with van der Waals surface area (Å²) in [5, 5.41) is 10.8. The minimum Gasteiger partial charge on any atom is -0.478 e. The first-order chi connectivity index (χ1) is 12.7. The predicted octanol–water partition coefficient (Wildman–Crippen LogP) is 8.03. The second kappa shape index (κ2) is 8.04. The maximum absolute atomic E-state index is 11.6. The van der Waals surface area contributed by atoms with E-state index in [2.05, 4.69) is 4.98 Å². The Kier molecular flexibility index (Phi) is 6.11. The fourth-order valence-corrected chi connectivity index (χ4v) is 3.88. The van der Waals surface area contributed by atoms with Crippen molar-refractivity contribution in [2.75, 3.05) is 0 Å². The summed E-state index contributed by atoms with van der Waals surface area (Å²) < 4.78 is 0. The van der Waals surface area contributed by atoms with E-state index in [4.69, 9.17) is 69.6 Å². The van der Waals surface area contributed by atoms with Gasteiger partial charge in [0.05, 0.1) is 47.1 Å². The van der Waals surface area contributed by atoms with E-state index in [0.29, 0.717) is 11.1 Å². The van der Waals surface area contributed by atoms with Gasteiger partial charge in [0.25, 0.3) is 0 Å². The lowest BCUT2D eigenvalue weighted by Gasteiger charge is -2.13. The van der Waals surface area contributed by atoms with Crippen LogP contribution in [0.2, 0.25) is 30.1 Å². The molecule has 0 radical (unpaired) electrons. The molecule has 0 unspecified atom stereocenters. The third-order valence-electron chi connectivity index (χ3n) is 3.67. The Morgan fingerprint density at radius 3 is 1.44 bits per heavy atom. The molecular weight excluding hydrogens is 475 g/mol. The highest BCUT2D eigenvalue weighted by Crippen LogP contribution is 2.42. The quantitative estimate of drug-likeness (QED) is 0.385. The van der Waals surface area contributed by atoms with Gasteiger partial charge in [0.1, 0.15) is 0 Å². The van der Waals surface area contributed by atoms with Crippen molar-refractivity contribution >= 4 is 75.6 Å². The minimum absolute atomic E-state index is 0.0609. The smallest absolute Gasteiger partial charge is 0.335 e. The van der Waals surface area contributed by atoms with Crippen molar-refractivity contribution in [2.24, 2.45) is 0 Å². The Hall–Kier alpha value is -1.20. The summed E-state index contributed by atoms with van der Waals surface area (Å²) in [5.74, 6) is -1.18. The number of hydrogen-bond acceptors (Lipinski definition) is 2. The van der Waals surface area contributed by atoms with Gasteiger partial charge in [-0.3, -0.25) is 0 Å². The molecule has 1 N–H and O–H groups in total. The largest absolute Gasteiger partial charge is 0.478 e. The van der Waals surface area contributed by atoms with Gasteiger partial charge in [-0.2, -0.15) is 0 Å². The Bertz CT molecular complexity index is 1010. The van der Waals surface area contributed by atoms with Gasteiger partial charge in [0.2, 0.25) is 0 Å². The van der Waals surface area contributed by atoms with Crippen molar-refractivity contribution in [2.45, 2.75) is 0 Å². The monoisotopic (exact) mass is 479 g/mol. The number of rotatable bonds is 3. The third kappa shape index (κ3) is 4.00. The number of aromatic nitrogens is 1. The lowest BCUT2D eigenvalue weighted by molar-refractivity contribution is 0.0697. The number of pyridine rings is 1. The molecule has 3 aromatic rings. The average Bonchev–Trinajstić information content (AvgIpc) is 2.62. The van der Waals surface area contributed by atoms with Gasteiger partial charge in [-0.25, -0.2) is 9.78 Å². The van der Waals surface area contributed by atoms with Crippen LogP contribution in [-0.4, -0.2) is 16.1 Å². The second-order valence-electron chi connectivity index (χ2n) is 5.37. The number of hydrogen-bond donors (Lipinski definition) is 1. The summed E-state index contributed by atoms with van der Waals surface area (Å²) in [4.78, 5) is 16.1. The first-order valence-corrected chi connectivity index (χ1v) is 9.50. The lowest BCUT2D eigenvalue weighted by Crippen LogP contribution is -2.01. The summed E-state index contributed by atoms with van der Waals surface area (Å²) >= 11 is 37.2. The van der Waals surface area contributed by atoms with Crippen LogP contribution in [0.4, 0.5) is 0 Å². The average molecular weight is 482 g/mol. The molecule has 3 rings (SSSR count). The van der Waals surface area contributed by atoms with Gasteiger partial charge in [-0.1, -0.05) is 69.6 Å². The molecule has 0 bridgehead atoms. The molecule has 2 aromatic carbocycles. The van der Waals surface area contributed by atoms with Gasteiger partial charge in [0, 0.05) is 11.1 Å². The van der Waals surface area contributed by atoms with E-state index >= 15 is 0 Å². The highest BCUT2D eigenvalue weighted by Gasteiger charge is 2.20. The van der Waals surface area contributed by atoms with Crippen LogP contribution in [0.1, 0.15) is 10.4 Å².